The molecule has 4 heteroatoms. The van der Waals surface area contributed by atoms with E-state index in [2.05, 4.69) is 23.5 Å². The Kier molecular flexibility index (Phi) is 2.84. The molecule has 2 heterocycles. The van der Waals surface area contributed by atoms with E-state index in [1.807, 2.05) is 10.9 Å². The number of hydrogen-bond acceptors (Lipinski definition) is 3. The first kappa shape index (κ1) is 9.68. The van der Waals surface area contributed by atoms with Crippen LogP contribution in [0.5, 0.6) is 0 Å². The number of aromatic nitrogens is 2. The topological polar surface area (TPSA) is 50.1 Å². The van der Waals surface area contributed by atoms with Gasteiger partial charge in [0.15, 0.2) is 0 Å². The summed E-state index contributed by atoms with van der Waals surface area (Å²) in [4.78, 5) is 0. The smallest absolute Gasteiger partial charge is 0.0683 e. The van der Waals surface area contributed by atoms with E-state index >= 15 is 0 Å². The molecule has 0 bridgehead atoms. The van der Waals surface area contributed by atoms with E-state index in [4.69, 9.17) is 0 Å². The van der Waals surface area contributed by atoms with Crippen LogP contribution >= 0.6 is 0 Å². The standard InChI is InChI=1S/C10H17N3O/c1-2-3-13-7-8(5-12-13)10-4-9(14)6-11-10/h5,7,9-11,14H,2-4,6H2,1H3. The molecule has 2 unspecified atom stereocenters. The van der Waals surface area contributed by atoms with Crippen molar-refractivity contribution in [3.63, 3.8) is 0 Å². The molecule has 14 heavy (non-hydrogen) atoms. The largest absolute Gasteiger partial charge is 0.392 e. The van der Waals surface area contributed by atoms with E-state index in [1.54, 1.807) is 0 Å². The molecular formula is C10H17N3O. The molecule has 2 N–H and O–H groups in total. The number of hydrogen-bond donors (Lipinski definition) is 2. The molecule has 1 aromatic rings. The molecule has 0 radical (unpaired) electrons. The zero-order chi connectivity index (χ0) is 9.97. The minimum absolute atomic E-state index is 0.200. The maximum atomic E-state index is 9.38. The molecular weight excluding hydrogens is 178 g/mol. The molecule has 1 fully saturated rings. The van der Waals surface area contributed by atoms with Crippen molar-refractivity contribution < 1.29 is 5.11 Å². The van der Waals surface area contributed by atoms with Crippen molar-refractivity contribution in [2.24, 2.45) is 0 Å². The maximum Gasteiger partial charge on any atom is 0.0683 e. The predicted molar refractivity (Wildman–Crippen MR) is 53.9 cm³/mol. The quantitative estimate of drug-likeness (QED) is 0.746. The van der Waals surface area contributed by atoms with Crippen LogP contribution in [0.1, 0.15) is 31.4 Å². The second kappa shape index (κ2) is 4.11. The van der Waals surface area contributed by atoms with Gasteiger partial charge in [-0.15, -0.1) is 0 Å². The van der Waals surface area contributed by atoms with Crippen molar-refractivity contribution in [3.8, 4) is 0 Å². The summed E-state index contributed by atoms with van der Waals surface area (Å²) in [6.45, 7) is 3.80. The first-order valence-corrected chi connectivity index (χ1v) is 5.23. The van der Waals surface area contributed by atoms with Crippen LogP contribution in [0.3, 0.4) is 0 Å². The Hall–Kier alpha value is -0.870. The molecule has 0 aromatic carbocycles. The van der Waals surface area contributed by atoms with Gasteiger partial charge in [0.25, 0.3) is 0 Å². The van der Waals surface area contributed by atoms with Gasteiger partial charge >= 0.3 is 0 Å². The third-order valence-electron chi connectivity index (χ3n) is 2.62. The third kappa shape index (κ3) is 1.96. The minimum Gasteiger partial charge on any atom is -0.392 e. The van der Waals surface area contributed by atoms with Crippen molar-refractivity contribution in [3.05, 3.63) is 18.0 Å². The van der Waals surface area contributed by atoms with Crippen LogP contribution in [0.25, 0.3) is 0 Å². The highest BCUT2D eigenvalue weighted by Crippen LogP contribution is 2.22. The fraction of sp³-hybridized carbons (Fsp3) is 0.700. The Bertz CT molecular complexity index is 297. The molecule has 0 aliphatic carbocycles. The minimum atomic E-state index is -0.200. The Balaban J connectivity index is 2.02. The fourth-order valence-corrected chi connectivity index (χ4v) is 1.88. The van der Waals surface area contributed by atoms with Gasteiger partial charge in [0.1, 0.15) is 0 Å². The Morgan fingerprint density at radius 2 is 2.57 bits per heavy atom. The van der Waals surface area contributed by atoms with Crippen molar-refractivity contribution in [2.75, 3.05) is 6.54 Å². The van der Waals surface area contributed by atoms with Gasteiger partial charge in [0, 0.05) is 30.9 Å². The highest BCUT2D eigenvalue weighted by molar-refractivity contribution is 5.12. The summed E-state index contributed by atoms with van der Waals surface area (Å²) in [5, 5.41) is 16.9. The van der Waals surface area contributed by atoms with E-state index in [0.29, 0.717) is 6.54 Å². The number of aliphatic hydroxyl groups excluding tert-OH is 1. The second-order valence-corrected chi connectivity index (χ2v) is 3.89. The molecule has 1 saturated heterocycles. The monoisotopic (exact) mass is 195 g/mol. The summed E-state index contributed by atoms with van der Waals surface area (Å²) in [5.74, 6) is 0. The highest BCUT2D eigenvalue weighted by atomic mass is 16.3. The molecule has 0 spiro atoms. The fourth-order valence-electron chi connectivity index (χ4n) is 1.88. The summed E-state index contributed by atoms with van der Waals surface area (Å²) >= 11 is 0. The molecule has 1 aromatic heterocycles. The van der Waals surface area contributed by atoms with E-state index < -0.39 is 0 Å². The molecule has 1 aliphatic heterocycles. The Morgan fingerprint density at radius 1 is 1.71 bits per heavy atom. The number of nitrogens with one attached hydrogen (secondary N) is 1. The van der Waals surface area contributed by atoms with Crippen LogP contribution < -0.4 is 5.32 Å². The molecule has 2 rings (SSSR count). The van der Waals surface area contributed by atoms with Crippen LogP contribution in [-0.2, 0) is 6.54 Å². The number of nitrogens with zero attached hydrogens (tertiary/aromatic N) is 2. The zero-order valence-corrected chi connectivity index (χ0v) is 8.48. The van der Waals surface area contributed by atoms with Crippen molar-refractivity contribution in [1.29, 1.82) is 0 Å². The van der Waals surface area contributed by atoms with Gasteiger partial charge in [-0.1, -0.05) is 6.92 Å². The van der Waals surface area contributed by atoms with Crippen LogP contribution in [0.2, 0.25) is 0 Å². The van der Waals surface area contributed by atoms with Gasteiger partial charge in [-0.25, -0.2) is 0 Å². The molecule has 4 nitrogen and oxygen atoms in total. The van der Waals surface area contributed by atoms with Crippen LogP contribution in [-0.4, -0.2) is 27.5 Å². The van der Waals surface area contributed by atoms with Gasteiger partial charge in [-0.3, -0.25) is 4.68 Å². The molecule has 78 valence electrons. The molecule has 2 atom stereocenters. The number of aliphatic hydroxyl groups is 1. The van der Waals surface area contributed by atoms with Gasteiger partial charge in [0.2, 0.25) is 0 Å². The van der Waals surface area contributed by atoms with Crippen molar-refractivity contribution in [1.82, 2.24) is 15.1 Å². The SMILES string of the molecule is CCCn1cc(C2CC(O)CN2)cn1. The Labute approximate surface area is 83.9 Å². The summed E-state index contributed by atoms with van der Waals surface area (Å²) in [6.07, 6.45) is 5.67. The van der Waals surface area contributed by atoms with E-state index in [1.165, 1.54) is 5.56 Å². The zero-order valence-electron chi connectivity index (χ0n) is 8.48. The van der Waals surface area contributed by atoms with Crippen LogP contribution in [0.15, 0.2) is 12.4 Å². The lowest BCUT2D eigenvalue weighted by Crippen LogP contribution is -2.14. The van der Waals surface area contributed by atoms with Gasteiger partial charge in [0.05, 0.1) is 12.3 Å². The number of aryl methyl sites for hydroxylation is 1. The van der Waals surface area contributed by atoms with Crippen LogP contribution in [0.4, 0.5) is 0 Å². The van der Waals surface area contributed by atoms with Crippen LogP contribution in [0, 0.1) is 0 Å². The lowest BCUT2D eigenvalue weighted by Gasteiger charge is -2.05. The molecule has 0 amide bonds. The highest BCUT2D eigenvalue weighted by Gasteiger charge is 2.24. The Morgan fingerprint density at radius 3 is 3.21 bits per heavy atom. The normalized spacial score (nSPS) is 27.0. The lowest BCUT2D eigenvalue weighted by atomic mass is 10.1. The first-order chi connectivity index (χ1) is 6.79. The summed E-state index contributed by atoms with van der Waals surface area (Å²) in [7, 11) is 0. The average molecular weight is 195 g/mol. The second-order valence-electron chi connectivity index (χ2n) is 3.89. The molecule has 1 aliphatic rings. The van der Waals surface area contributed by atoms with Crippen molar-refractivity contribution in [2.45, 2.75) is 38.5 Å². The van der Waals surface area contributed by atoms with E-state index in [9.17, 15) is 5.11 Å². The molecule has 0 saturated carbocycles. The van der Waals surface area contributed by atoms with Gasteiger partial charge < -0.3 is 10.4 Å². The lowest BCUT2D eigenvalue weighted by molar-refractivity contribution is 0.193. The van der Waals surface area contributed by atoms with E-state index in [0.717, 1.165) is 19.4 Å². The average Bonchev–Trinajstić information content (AvgIpc) is 2.74. The summed E-state index contributed by atoms with van der Waals surface area (Å²) in [5.41, 5.74) is 1.19. The number of rotatable bonds is 3. The van der Waals surface area contributed by atoms with Crippen molar-refractivity contribution >= 4 is 0 Å². The van der Waals surface area contributed by atoms with Gasteiger partial charge in [-0.2, -0.15) is 5.10 Å². The maximum absolute atomic E-state index is 9.38. The summed E-state index contributed by atoms with van der Waals surface area (Å²) in [6, 6.07) is 0.288. The van der Waals surface area contributed by atoms with E-state index in [-0.39, 0.29) is 12.1 Å². The van der Waals surface area contributed by atoms with Gasteiger partial charge in [-0.05, 0) is 12.8 Å². The third-order valence-corrected chi connectivity index (χ3v) is 2.62. The summed E-state index contributed by atoms with van der Waals surface area (Å²) < 4.78 is 1.96. The first-order valence-electron chi connectivity index (χ1n) is 5.23. The number of β-amino-alcohol motifs (C(OH)–C–C–N with tert-alkyl or cyclic N) is 1. The predicted octanol–water partition coefficient (Wildman–Crippen LogP) is 0.688.